The van der Waals surface area contributed by atoms with Crippen molar-refractivity contribution in [1.29, 1.82) is 0 Å². The fraction of sp³-hybridized carbons (Fsp3) is 0.167. The van der Waals surface area contributed by atoms with Gasteiger partial charge >= 0.3 is 5.69 Å². The summed E-state index contributed by atoms with van der Waals surface area (Å²) in [4.78, 5) is 13.7. The van der Waals surface area contributed by atoms with Gasteiger partial charge in [-0.1, -0.05) is 11.6 Å². The summed E-state index contributed by atoms with van der Waals surface area (Å²) in [7, 11) is 0. The second-order valence-electron chi connectivity index (χ2n) is 2.32. The third-order valence-electron chi connectivity index (χ3n) is 1.45. The first-order valence-electron chi connectivity index (χ1n) is 3.20. The van der Waals surface area contributed by atoms with E-state index in [2.05, 4.69) is 4.98 Å². The van der Waals surface area contributed by atoms with Crippen molar-refractivity contribution >= 4 is 45.6 Å². The van der Waals surface area contributed by atoms with Crippen LogP contribution in [0.25, 0.3) is 0 Å². The normalized spacial score (nSPS) is 10.1. The van der Waals surface area contributed by atoms with Gasteiger partial charge in [0.25, 0.3) is 0 Å². The molecule has 0 aliphatic carbocycles. The molecule has 7 heteroatoms. The van der Waals surface area contributed by atoms with Crippen molar-refractivity contribution in [3.05, 3.63) is 24.5 Å². The Hall–Kier alpha value is -0.630. The Bertz CT molecular complexity index is 383. The van der Waals surface area contributed by atoms with Gasteiger partial charge in [-0.25, -0.2) is 4.98 Å². The third kappa shape index (κ3) is 1.83. The molecule has 0 aromatic carbocycles. The van der Waals surface area contributed by atoms with Gasteiger partial charge in [0.15, 0.2) is 0 Å². The van der Waals surface area contributed by atoms with E-state index in [4.69, 9.17) is 17.3 Å². The second-order valence-corrected chi connectivity index (χ2v) is 3.76. The average molecular weight is 313 g/mol. The molecule has 5 nitrogen and oxygen atoms in total. The minimum absolute atomic E-state index is 0.0723. The standard InChI is InChI=1S/C6H5ClIN3O2/c1-2-3(8)4(9)5(11(12)13)6(7)10-2/h1H3,(H2,9,10). The maximum Gasteiger partial charge on any atom is 0.330 e. The van der Waals surface area contributed by atoms with Gasteiger partial charge in [0, 0.05) is 0 Å². The lowest BCUT2D eigenvalue weighted by Crippen LogP contribution is -2.02. The summed E-state index contributed by atoms with van der Waals surface area (Å²) in [5.41, 5.74) is 5.85. The molecule has 0 aliphatic rings. The van der Waals surface area contributed by atoms with Crippen molar-refractivity contribution in [2.75, 3.05) is 5.73 Å². The molecule has 0 saturated carbocycles. The average Bonchev–Trinajstić information content (AvgIpc) is 1.99. The molecule has 1 rings (SSSR count). The molecule has 1 aromatic heterocycles. The molecule has 0 atom stereocenters. The molecule has 1 aromatic rings. The van der Waals surface area contributed by atoms with Crippen LogP contribution in [0.15, 0.2) is 0 Å². The predicted octanol–water partition coefficient (Wildman–Crippen LogP) is 2.14. The Morgan fingerprint density at radius 2 is 2.23 bits per heavy atom. The number of nitrogens with two attached hydrogens (primary N) is 1. The third-order valence-corrected chi connectivity index (χ3v) is 3.08. The number of halogens is 2. The van der Waals surface area contributed by atoms with Crippen LogP contribution < -0.4 is 5.73 Å². The lowest BCUT2D eigenvalue weighted by Gasteiger charge is -2.03. The van der Waals surface area contributed by atoms with Crippen LogP contribution in [0.1, 0.15) is 5.69 Å². The van der Waals surface area contributed by atoms with Crippen LogP contribution in [0.3, 0.4) is 0 Å². The Balaban J connectivity index is 3.53. The number of anilines is 1. The van der Waals surface area contributed by atoms with Crippen molar-refractivity contribution in [3.63, 3.8) is 0 Å². The molecule has 0 spiro atoms. The van der Waals surface area contributed by atoms with Crippen LogP contribution in [0, 0.1) is 20.6 Å². The first-order chi connectivity index (χ1) is 5.95. The van der Waals surface area contributed by atoms with Crippen LogP contribution in [0.2, 0.25) is 5.15 Å². The van der Waals surface area contributed by atoms with Gasteiger partial charge in [0.1, 0.15) is 5.69 Å². The maximum absolute atomic E-state index is 10.5. The predicted molar refractivity (Wildman–Crippen MR) is 57.8 cm³/mol. The number of aromatic nitrogens is 1. The largest absolute Gasteiger partial charge is 0.392 e. The summed E-state index contributed by atoms with van der Waals surface area (Å²) in [5.74, 6) is 0. The number of nitro groups is 1. The van der Waals surface area contributed by atoms with Crippen molar-refractivity contribution in [2.24, 2.45) is 0 Å². The second kappa shape index (κ2) is 3.62. The molecule has 0 bridgehead atoms. The van der Waals surface area contributed by atoms with Gasteiger partial charge in [-0.2, -0.15) is 0 Å². The molecule has 13 heavy (non-hydrogen) atoms. The van der Waals surface area contributed by atoms with Crippen LogP contribution in [0.4, 0.5) is 11.4 Å². The van der Waals surface area contributed by atoms with Crippen molar-refractivity contribution in [1.82, 2.24) is 4.98 Å². The van der Waals surface area contributed by atoms with Gasteiger partial charge in [0.05, 0.1) is 14.2 Å². The first-order valence-corrected chi connectivity index (χ1v) is 4.66. The highest BCUT2D eigenvalue weighted by Gasteiger charge is 2.22. The van der Waals surface area contributed by atoms with Gasteiger partial charge < -0.3 is 5.73 Å². The molecular formula is C6H5ClIN3O2. The van der Waals surface area contributed by atoms with E-state index in [1.807, 2.05) is 22.6 Å². The maximum atomic E-state index is 10.5. The lowest BCUT2D eigenvalue weighted by atomic mass is 10.3. The summed E-state index contributed by atoms with van der Waals surface area (Å²) in [5, 5.41) is 10.3. The number of rotatable bonds is 1. The number of aryl methyl sites for hydroxylation is 1. The van der Waals surface area contributed by atoms with E-state index in [1.165, 1.54) is 0 Å². The van der Waals surface area contributed by atoms with E-state index in [0.29, 0.717) is 9.26 Å². The number of hydrogen-bond donors (Lipinski definition) is 1. The zero-order valence-corrected chi connectivity index (χ0v) is 9.46. The SMILES string of the molecule is Cc1nc(Cl)c([N+](=O)[O-])c(N)c1I. The summed E-state index contributed by atoms with van der Waals surface area (Å²) >= 11 is 7.46. The van der Waals surface area contributed by atoms with Gasteiger partial charge in [-0.05, 0) is 29.5 Å². The molecule has 0 saturated heterocycles. The fourth-order valence-corrected chi connectivity index (χ4v) is 1.51. The van der Waals surface area contributed by atoms with E-state index < -0.39 is 4.92 Å². The number of pyridine rings is 1. The van der Waals surface area contributed by atoms with Crippen LogP contribution >= 0.6 is 34.2 Å². The topological polar surface area (TPSA) is 82.0 Å². The van der Waals surface area contributed by atoms with E-state index in [9.17, 15) is 10.1 Å². The fourth-order valence-electron chi connectivity index (χ4n) is 0.833. The van der Waals surface area contributed by atoms with Gasteiger partial charge in [-0.15, -0.1) is 0 Å². The molecule has 0 aliphatic heterocycles. The molecule has 70 valence electrons. The van der Waals surface area contributed by atoms with Gasteiger partial charge in [-0.3, -0.25) is 10.1 Å². The van der Waals surface area contributed by atoms with E-state index in [-0.39, 0.29) is 16.5 Å². The Morgan fingerprint density at radius 1 is 1.69 bits per heavy atom. The molecule has 0 fully saturated rings. The molecule has 2 N–H and O–H groups in total. The van der Waals surface area contributed by atoms with Crippen LogP contribution in [0.5, 0.6) is 0 Å². The Morgan fingerprint density at radius 3 is 2.69 bits per heavy atom. The van der Waals surface area contributed by atoms with Crippen molar-refractivity contribution < 1.29 is 4.92 Å². The number of hydrogen-bond acceptors (Lipinski definition) is 4. The molecular weight excluding hydrogens is 308 g/mol. The van der Waals surface area contributed by atoms with E-state index in [0.717, 1.165) is 0 Å². The van der Waals surface area contributed by atoms with Crippen LogP contribution in [-0.2, 0) is 0 Å². The number of nitrogens with zero attached hydrogens (tertiary/aromatic N) is 2. The molecule has 0 amide bonds. The zero-order chi connectivity index (χ0) is 10.2. The Kier molecular flexibility index (Phi) is 2.91. The lowest BCUT2D eigenvalue weighted by molar-refractivity contribution is -0.384. The Labute approximate surface area is 92.6 Å². The first kappa shape index (κ1) is 10.5. The summed E-state index contributed by atoms with van der Waals surface area (Å²) in [6.07, 6.45) is 0. The van der Waals surface area contributed by atoms with Gasteiger partial charge in [0.2, 0.25) is 5.15 Å². The monoisotopic (exact) mass is 313 g/mol. The minimum atomic E-state index is -0.633. The van der Waals surface area contributed by atoms with Crippen molar-refractivity contribution in [2.45, 2.75) is 6.92 Å². The van der Waals surface area contributed by atoms with Crippen LogP contribution in [-0.4, -0.2) is 9.91 Å². The van der Waals surface area contributed by atoms with E-state index >= 15 is 0 Å². The van der Waals surface area contributed by atoms with Crippen molar-refractivity contribution in [3.8, 4) is 0 Å². The summed E-state index contributed by atoms with van der Waals surface area (Å²) in [6, 6.07) is 0. The molecule has 0 unspecified atom stereocenters. The summed E-state index contributed by atoms with van der Waals surface area (Å²) in [6.45, 7) is 1.69. The highest BCUT2D eigenvalue weighted by atomic mass is 127. The zero-order valence-electron chi connectivity index (χ0n) is 6.54. The van der Waals surface area contributed by atoms with E-state index in [1.54, 1.807) is 6.92 Å². The molecule has 1 heterocycles. The number of nitrogen functional groups attached to an aromatic ring is 1. The molecule has 0 radical (unpaired) electrons. The summed E-state index contributed by atoms with van der Waals surface area (Å²) < 4.78 is 0.564. The highest BCUT2D eigenvalue weighted by Crippen LogP contribution is 2.33. The quantitative estimate of drug-likeness (QED) is 0.373. The smallest absolute Gasteiger partial charge is 0.330 e. The highest BCUT2D eigenvalue weighted by molar-refractivity contribution is 14.1. The minimum Gasteiger partial charge on any atom is -0.392 e.